The Hall–Kier alpha value is -1.53. The van der Waals surface area contributed by atoms with Crippen molar-refractivity contribution in [1.82, 2.24) is 20.1 Å². The summed E-state index contributed by atoms with van der Waals surface area (Å²) < 4.78 is 0. The predicted octanol–water partition coefficient (Wildman–Crippen LogP) is 2.45. The highest BCUT2D eigenvalue weighted by atomic mass is 35.5. The molecule has 0 radical (unpaired) electrons. The normalized spacial score (nSPS) is 10.5. The van der Waals surface area contributed by atoms with Crippen molar-refractivity contribution < 1.29 is 4.79 Å². The van der Waals surface area contributed by atoms with Crippen LogP contribution in [0.4, 0.5) is 0 Å². The summed E-state index contributed by atoms with van der Waals surface area (Å²) in [7, 11) is 1.70. The number of amides is 1. The highest BCUT2D eigenvalue weighted by molar-refractivity contribution is 7.98. The van der Waals surface area contributed by atoms with Crippen molar-refractivity contribution in [3.8, 4) is 0 Å². The summed E-state index contributed by atoms with van der Waals surface area (Å²) in [4.78, 5) is 18.9. The molecule has 0 spiro atoms. The summed E-state index contributed by atoms with van der Waals surface area (Å²) >= 11 is 7.65. The third-order valence-corrected chi connectivity index (χ3v) is 3.66. The Bertz CT molecular complexity index is 573. The molecule has 0 atom stereocenters. The van der Waals surface area contributed by atoms with E-state index < -0.39 is 0 Å². The molecule has 1 aromatic carbocycles. The third kappa shape index (κ3) is 3.27. The zero-order valence-corrected chi connectivity index (χ0v) is 12.1. The molecule has 100 valence electrons. The predicted molar refractivity (Wildman–Crippen MR) is 75.4 cm³/mol. The first-order valence-corrected chi connectivity index (χ1v) is 7.15. The molecule has 2 aromatic rings. The van der Waals surface area contributed by atoms with E-state index >= 15 is 0 Å². The Kier molecular flexibility index (Phi) is 4.44. The number of hydrogen-bond donors (Lipinski definition) is 1. The number of carbonyl (C=O) groups is 1. The van der Waals surface area contributed by atoms with Gasteiger partial charge in [-0.05, 0) is 24.5 Å². The lowest BCUT2D eigenvalue weighted by atomic mass is 10.2. The van der Waals surface area contributed by atoms with E-state index in [4.69, 9.17) is 11.6 Å². The summed E-state index contributed by atoms with van der Waals surface area (Å²) in [5.74, 6) is 0.491. The summed E-state index contributed by atoms with van der Waals surface area (Å²) in [5, 5.41) is 6.92. The number of hydrogen-bond acceptors (Lipinski definition) is 4. The third-order valence-electron chi connectivity index (χ3n) is 2.60. The Morgan fingerprint density at radius 3 is 2.95 bits per heavy atom. The smallest absolute Gasteiger partial charge is 0.255 e. The van der Waals surface area contributed by atoms with Crippen molar-refractivity contribution in [2.75, 3.05) is 13.3 Å². The molecule has 19 heavy (non-hydrogen) atoms. The fourth-order valence-electron chi connectivity index (χ4n) is 1.60. The average Bonchev–Trinajstić information content (AvgIpc) is 2.91. The largest absolute Gasteiger partial charge is 0.334 e. The monoisotopic (exact) mass is 296 g/mol. The first-order chi connectivity index (χ1) is 9.11. The first kappa shape index (κ1) is 13.9. The number of carbonyl (C=O) groups excluding carboxylic acids is 1. The standard InChI is InChI=1S/C12H13ClN4OS/c1-17(6-11-14-7-15-16-11)12(18)9-5-8(19-2)3-4-10(9)13/h3-5,7H,6H2,1-2H3,(H,14,15,16). The first-order valence-electron chi connectivity index (χ1n) is 5.55. The van der Waals surface area contributed by atoms with Crippen LogP contribution in [0.2, 0.25) is 5.02 Å². The highest BCUT2D eigenvalue weighted by Gasteiger charge is 2.16. The van der Waals surface area contributed by atoms with Crippen molar-refractivity contribution in [3.05, 3.63) is 40.9 Å². The fraction of sp³-hybridized carbons (Fsp3) is 0.250. The number of thioether (sulfide) groups is 1. The van der Waals surface area contributed by atoms with Gasteiger partial charge in [0.1, 0.15) is 12.2 Å². The summed E-state index contributed by atoms with van der Waals surface area (Å²) in [6.45, 7) is 0.360. The van der Waals surface area contributed by atoms with Crippen LogP contribution >= 0.6 is 23.4 Å². The van der Waals surface area contributed by atoms with Crippen LogP contribution in [0.3, 0.4) is 0 Å². The van der Waals surface area contributed by atoms with E-state index in [1.165, 1.54) is 6.33 Å². The molecule has 0 aliphatic carbocycles. The molecular formula is C12H13ClN4OS. The second-order valence-corrected chi connectivity index (χ2v) is 5.23. The van der Waals surface area contributed by atoms with Gasteiger partial charge < -0.3 is 4.90 Å². The SMILES string of the molecule is CSc1ccc(Cl)c(C(=O)N(C)Cc2ncn[nH]2)c1. The number of H-pyrrole nitrogens is 1. The Balaban J connectivity index is 2.18. The molecule has 1 N–H and O–H groups in total. The Morgan fingerprint density at radius 1 is 1.53 bits per heavy atom. The van der Waals surface area contributed by atoms with Gasteiger partial charge in [0, 0.05) is 11.9 Å². The van der Waals surface area contributed by atoms with Gasteiger partial charge in [0.15, 0.2) is 0 Å². The second-order valence-electron chi connectivity index (χ2n) is 3.94. The minimum Gasteiger partial charge on any atom is -0.334 e. The molecule has 2 rings (SSSR count). The molecule has 0 aliphatic heterocycles. The summed E-state index contributed by atoms with van der Waals surface area (Å²) in [6, 6.07) is 5.43. The van der Waals surface area contributed by atoms with Gasteiger partial charge >= 0.3 is 0 Å². The van der Waals surface area contributed by atoms with Gasteiger partial charge in [0.25, 0.3) is 5.91 Å². The number of nitrogens with zero attached hydrogens (tertiary/aromatic N) is 3. The van der Waals surface area contributed by atoms with Gasteiger partial charge in [-0.3, -0.25) is 9.89 Å². The van der Waals surface area contributed by atoms with Crippen molar-refractivity contribution in [1.29, 1.82) is 0 Å². The summed E-state index contributed by atoms with van der Waals surface area (Å²) in [5.41, 5.74) is 0.496. The van der Waals surface area contributed by atoms with E-state index in [1.54, 1.807) is 35.8 Å². The van der Waals surface area contributed by atoms with Gasteiger partial charge in [-0.15, -0.1) is 11.8 Å². The van der Waals surface area contributed by atoms with Gasteiger partial charge in [-0.25, -0.2) is 4.98 Å². The van der Waals surface area contributed by atoms with Crippen LogP contribution in [0, 0.1) is 0 Å². The Morgan fingerprint density at radius 2 is 2.32 bits per heavy atom. The average molecular weight is 297 g/mol. The molecule has 0 fully saturated rings. The number of benzene rings is 1. The van der Waals surface area contributed by atoms with E-state index in [9.17, 15) is 4.79 Å². The van der Waals surface area contributed by atoms with E-state index in [2.05, 4.69) is 15.2 Å². The number of nitrogens with one attached hydrogen (secondary N) is 1. The van der Waals surface area contributed by atoms with Crippen molar-refractivity contribution in [3.63, 3.8) is 0 Å². The quantitative estimate of drug-likeness (QED) is 0.880. The molecule has 0 saturated heterocycles. The van der Waals surface area contributed by atoms with Crippen molar-refractivity contribution >= 4 is 29.3 Å². The van der Waals surface area contributed by atoms with Gasteiger partial charge in [0.05, 0.1) is 17.1 Å². The maximum atomic E-state index is 12.3. The maximum absolute atomic E-state index is 12.3. The molecule has 0 aliphatic rings. The van der Waals surface area contributed by atoms with Crippen LogP contribution in [-0.2, 0) is 6.54 Å². The number of aromatic nitrogens is 3. The van der Waals surface area contributed by atoms with E-state index in [0.717, 1.165) is 4.90 Å². The highest BCUT2D eigenvalue weighted by Crippen LogP contribution is 2.24. The number of halogens is 1. The minimum absolute atomic E-state index is 0.141. The molecule has 0 unspecified atom stereocenters. The van der Waals surface area contributed by atoms with E-state index in [1.807, 2.05) is 12.3 Å². The summed E-state index contributed by atoms with van der Waals surface area (Å²) in [6.07, 6.45) is 3.37. The molecule has 0 bridgehead atoms. The Labute approximate surface area is 120 Å². The van der Waals surface area contributed by atoms with E-state index in [0.29, 0.717) is 23.0 Å². The fourth-order valence-corrected chi connectivity index (χ4v) is 2.24. The number of aromatic amines is 1. The molecule has 5 nitrogen and oxygen atoms in total. The van der Waals surface area contributed by atoms with Crippen LogP contribution in [0.5, 0.6) is 0 Å². The molecule has 7 heteroatoms. The van der Waals surface area contributed by atoms with Crippen molar-refractivity contribution in [2.45, 2.75) is 11.4 Å². The maximum Gasteiger partial charge on any atom is 0.255 e. The van der Waals surface area contributed by atoms with Crippen molar-refractivity contribution in [2.24, 2.45) is 0 Å². The number of rotatable bonds is 4. The molecule has 1 amide bonds. The van der Waals surface area contributed by atoms with Gasteiger partial charge in [-0.2, -0.15) is 5.10 Å². The topological polar surface area (TPSA) is 61.9 Å². The minimum atomic E-state index is -0.141. The zero-order valence-electron chi connectivity index (χ0n) is 10.6. The molecule has 1 aromatic heterocycles. The van der Waals surface area contributed by atoms with E-state index in [-0.39, 0.29) is 5.91 Å². The van der Waals surface area contributed by atoms with Crippen LogP contribution < -0.4 is 0 Å². The molecule has 0 saturated carbocycles. The molecule has 1 heterocycles. The zero-order chi connectivity index (χ0) is 13.8. The van der Waals surface area contributed by atoms with Crippen LogP contribution in [0.25, 0.3) is 0 Å². The van der Waals surface area contributed by atoms with Crippen LogP contribution in [-0.4, -0.2) is 39.3 Å². The lowest BCUT2D eigenvalue weighted by Crippen LogP contribution is -2.27. The lowest BCUT2D eigenvalue weighted by Gasteiger charge is -2.16. The van der Waals surface area contributed by atoms with Gasteiger partial charge in [-0.1, -0.05) is 11.6 Å². The van der Waals surface area contributed by atoms with Crippen LogP contribution in [0.1, 0.15) is 16.2 Å². The van der Waals surface area contributed by atoms with Crippen LogP contribution in [0.15, 0.2) is 29.4 Å². The van der Waals surface area contributed by atoms with Gasteiger partial charge in [0.2, 0.25) is 0 Å². The second kappa shape index (κ2) is 6.08. The lowest BCUT2D eigenvalue weighted by molar-refractivity contribution is 0.0781. The molecular weight excluding hydrogens is 284 g/mol.